The van der Waals surface area contributed by atoms with Crippen molar-refractivity contribution >= 4 is 17.9 Å². The van der Waals surface area contributed by atoms with Gasteiger partial charge in [0.15, 0.2) is 6.10 Å². The molecular formula is C65H112O6. The molecule has 71 heavy (non-hydrogen) atoms. The molecule has 0 rings (SSSR count). The molecule has 0 radical (unpaired) electrons. The Balaban J connectivity index is 4.51. The highest BCUT2D eigenvalue weighted by Gasteiger charge is 2.19. The first-order chi connectivity index (χ1) is 35.0. The van der Waals surface area contributed by atoms with Gasteiger partial charge >= 0.3 is 17.9 Å². The van der Waals surface area contributed by atoms with Crippen molar-refractivity contribution in [3.05, 3.63) is 85.1 Å². The average molecular weight is 990 g/mol. The Labute approximate surface area is 439 Å². The summed E-state index contributed by atoms with van der Waals surface area (Å²) in [4.78, 5) is 38.2. The second kappa shape index (κ2) is 59.2. The van der Waals surface area contributed by atoms with Crippen molar-refractivity contribution in [3.63, 3.8) is 0 Å². The van der Waals surface area contributed by atoms with Gasteiger partial charge in [-0.2, -0.15) is 0 Å². The minimum absolute atomic E-state index is 0.114. The van der Waals surface area contributed by atoms with Gasteiger partial charge in [-0.3, -0.25) is 14.4 Å². The van der Waals surface area contributed by atoms with Crippen LogP contribution in [0.15, 0.2) is 85.1 Å². The minimum Gasteiger partial charge on any atom is -0.462 e. The molecule has 0 N–H and O–H groups in total. The topological polar surface area (TPSA) is 78.9 Å². The largest absolute Gasteiger partial charge is 0.462 e. The number of unbranched alkanes of at least 4 members (excludes halogenated alkanes) is 29. The number of ether oxygens (including phenoxy) is 3. The van der Waals surface area contributed by atoms with Gasteiger partial charge in [0.2, 0.25) is 0 Å². The van der Waals surface area contributed by atoms with E-state index >= 15 is 0 Å². The number of allylic oxidation sites excluding steroid dienone is 14. The molecule has 1 unspecified atom stereocenters. The van der Waals surface area contributed by atoms with Crippen molar-refractivity contribution < 1.29 is 28.6 Å². The highest BCUT2D eigenvalue weighted by molar-refractivity contribution is 5.71. The van der Waals surface area contributed by atoms with Gasteiger partial charge in [-0.15, -0.1) is 0 Å². The van der Waals surface area contributed by atoms with E-state index in [-0.39, 0.29) is 44.0 Å². The van der Waals surface area contributed by atoms with E-state index in [1.54, 1.807) is 0 Å². The summed E-state index contributed by atoms with van der Waals surface area (Å²) in [6.07, 6.45) is 77.3. The summed E-state index contributed by atoms with van der Waals surface area (Å²) in [5.74, 6) is -1.02. The molecular weight excluding hydrogens is 877 g/mol. The van der Waals surface area contributed by atoms with Crippen molar-refractivity contribution in [3.8, 4) is 0 Å². The monoisotopic (exact) mass is 989 g/mol. The molecule has 0 amide bonds. The summed E-state index contributed by atoms with van der Waals surface area (Å²) in [7, 11) is 0. The van der Waals surface area contributed by atoms with Crippen LogP contribution < -0.4 is 0 Å². The van der Waals surface area contributed by atoms with E-state index in [1.165, 1.54) is 180 Å². The minimum atomic E-state index is -0.826. The van der Waals surface area contributed by atoms with Crippen LogP contribution in [0, 0.1) is 0 Å². The van der Waals surface area contributed by atoms with Crippen molar-refractivity contribution in [2.24, 2.45) is 0 Å². The van der Waals surface area contributed by atoms with Crippen molar-refractivity contribution in [1.29, 1.82) is 0 Å². The first-order valence-electron chi connectivity index (χ1n) is 30.1. The highest BCUT2D eigenvalue weighted by Crippen LogP contribution is 2.14. The summed E-state index contributed by atoms with van der Waals surface area (Å²) in [6, 6.07) is 0. The molecule has 0 fully saturated rings. The van der Waals surface area contributed by atoms with Crippen molar-refractivity contribution in [2.45, 2.75) is 297 Å². The Hall–Kier alpha value is -3.41. The van der Waals surface area contributed by atoms with Crippen LogP contribution in [-0.2, 0) is 28.6 Å². The number of esters is 3. The van der Waals surface area contributed by atoms with Crippen LogP contribution in [0.4, 0.5) is 0 Å². The van der Waals surface area contributed by atoms with Gasteiger partial charge in [-0.25, -0.2) is 0 Å². The van der Waals surface area contributed by atoms with Crippen LogP contribution in [-0.4, -0.2) is 37.2 Å². The first kappa shape index (κ1) is 67.6. The van der Waals surface area contributed by atoms with Crippen LogP contribution in [0.2, 0.25) is 0 Å². The predicted octanol–water partition coefficient (Wildman–Crippen LogP) is 20.3. The molecule has 0 heterocycles. The number of hydrogen-bond acceptors (Lipinski definition) is 6. The number of carbonyl (C=O) groups is 3. The molecule has 0 spiro atoms. The Morgan fingerprint density at radius 3 is 0.859 bits per heavy atom. The molecule has 0 saturated carbocycles. The van der Waals surface area contributed by atoms with Gasteiger partial charge < -0.3 is 14.2 Å². The van der Waals surface area contributed by atoms with E-state index < -0.39 is 6.10 Å². The standard InChI is InChI=1S/C65H112O6/c1-4-7-10-13-16-19-22-25-28-31-32-35-37-40-43-46-49-52-55-58-64(67)70-61-62(71-65(68)59-56-53-50-47-44-41-38-34-30-27-24-21-18-15-12-9-6-3)60-69-63(66)57-54-51-48-45-42-39-36-33-29-26-23-20-17-14-11-8-5-2/h26-27,29-32,36,38-39,41,45,47-48,50,62H,4-25,28,33-35,37,40,42-44,46,49,51-61H2,1-3H3/b29-26-,30-27-,32-31-,39-36-,41-38-,48-45-,50-47-. The summed E-state index contributed by atoms with van der Waals surface area (Å²) >= 11 is 0. The fourth-order valence-corrected chi connectivity index (χ4v) is 8.29. The van der Waals surface area contributed by atoms with E-state index in [4.69, 9.17) is 14.2 Å². The van der Waals surface area contributed by atoms with Gasteiger partial charge in [0.05, 0.1) is 0 Å². The van der Waals surface area contributed by atoms with Gasteiger partial charge in [0, 0.05) is 19.3 Å². The molecule has 408 valence electrons. The molecule has 0 aromatic heterocycles. The third-order valence-electron chi connectivity index (χ3n) is 12.8. The third-order valence-corrected chi connectivity index (χ3v) is 12.8. The summed E-state index contributed by atoms with van der Waals surface area (Å²) in [5, 5.41) is 0. The summed E-state index contributed by atoms with van der Waals surface area (Å²) < 4.78 is 16.8. The van der Waals surface area contributed by atoms with E-state index in [1.807, 2.05) is 0 Å². The zero-order valence-corrected chi connectivity index (χ0v) is 46.7. The molecule has 0 aliphatic rings. The summed E-state index contributed by atoms with van der Waals surface area (Å²) in [5.41, 5.74) is 0. The highest BCUT2D eigenvalue weighted by atomic mass is 16.6. The summed E-state index contributed by atoms with van der Waals surface area (Å²) in [6.45, 7) is 6.56. The second-order valence-electron chi connectivity index (χ2n) is 19.9. The molecule has 0 aromatic carbocycles. The molecule has 0 aliphatic heterocycles. The van der Waals surface area contributed by atoms with Crippen LogP contribution in [0.1, 0.15) is 290 Å². The zero-order chi connectivity index (χ0) is 51.4. The zero-order valence-electron chi connectivity index (χ0n) is 46.7. The number of hydrogen-bond donors (Lipinski definition) is 0. The molecule has 0 bridgehead atoms. The lowest BCUT2D eigenvalue weighted by atomic mass is 10.1. The van der Waals surface area contributed by atoms with Gasteiger partial charge in [-0.1, -0.05) is 247 Å². The van der Waals surface area contributed by atoms with Crippen LogP contribution in [0.3, 0.4) is 0 Å². The van der Waals surface area contributed by atoms with Gasteiger partial charge in [0.1, 0.15) is 13.2 Å². The van der Waals surface area contributed by atoms with Crippen LogP contribution in [0.5, 0.6) is 0 Å². The smallest absolute Gasteiger partial charge is 0.306 e. The number of carbonyl (C=O) groups excluding carboxylic acids is 3. The molecule has 0 saturated heterocycles. The predicted molar refractivity (Wildman–Crippen MR) is 307 cm³/mol. The fourth-order valence-electron chi connectivity index (χ4n) is 8.29. The SMILES string of the molecule is CCCCCCCC/C=C\C/C=C\C/C=C\CCCC(=O)OCC(COC(=O)CCCCCCCCC/C=C\CCCCCCCCCC)OC(=O)CCC/C=C\C/C=C\C/C=C\CCCCCCCC. The van der Waals surface area contributed by atoms with Gasteiger partial charge in [0.25, 0.3) is 0 Å². The quantitative estimate of drug-likeness (QED) is 0.0261. The van der Waals surface area contributed by atoms with E-state index in [0.29, 0.717) is 19.3 Å². The van der Waals surface area contributed by atoms with E-state index in [2.05, 4.69) is 106 Å². The van der Waals surface area contributed by atoms with Gasteiger partial charge in [-0.05, 0) is 109 Å². The lowest BCUT2D eigenvalue weighted by molar-refractivity contribution is -0.167. The van der Waals surface area contributed by atoms with Crippen LogP contribution >= 0.6 is 0 Å². The normalized spacial score (nSPS) is 12.7. The van der Waals surface area contributed by atoms with E-state index in [0.717, 1.165) is 57.8 Å². The average Bonchev–Trinajstić information content (AvgIpc) is 3.37. The van der Waals surface area contributed by atoms with Crippen molar-refractivity contribution in [2.75, 3.05) is 13.2 Å². The van der Waals surface area contributed by atoms with E-state index in [9.17, 15) is 14.4 Å². The lowest BCUT2D eigenvalue weighted by Crippen LogP contribution is -2.30. The fraction of sp³-hybridized carbons (Fsp3) is 0.738. The first-order valence-corrected chi connectivity index (χ1v) is 30.1. The maximum atomic E-state index is 12.8. The lowest BCUT2D eigenvalue weighted by Gasteiger charge is -2.18. The molecule has 6 heteroatoms. The molecule has 6 nitrogen and oxygen atoms in total. The van der Waals surface area contributed by atoms with Crippen molar-refractivity contribution in [1.82, 2.24) is 0 Å². The Bertz CT molecular complexity index is 1370. The Morgan fingerprint density at radius 2 is 0.521 bits per heavy atom. The third kappa shape index (κ3) is 57.4. The second-order valence-corrected chi connectivity index (χ2v) is 19.9. The molecule has 1 atom stereocenters. The maximum Gasteiger partial charge on any atom is 0.306 e. The molecule has 0 aromatic rings. The Morgan fingerprint density at radius 1 is 0.282 bits per heavy atom. The Kier molecular flexibility index (Phi) is 56.3. The maximum absolute atomic E-state index is 12.8. The van der Waals surface area contributed by atoms with Crippen LogP contribution in [0.25, 0.3) is 0 Å². The number of rotatable bonds is 54. The molecule has 0 aliphatic carbocycles.